The van der Waals surface area contributed by atoms with Crippen molar-refractivity contribution in [1.29, 1.82) is 0 Å². The summed E-state index contributed by atoms with van der Waals surface area (Å²) in [5.74, 6) is 1.76. The quantitative estimate of drug-likeness (QED) is 0.334. The number of methoxy groups -OCH3 is 1. The lowest BCUT2D eigenvalue weighted by atomic mass is 10.1. The van der Waals surface area contributed by atoms with Crippen LogP contribution in [0, 0.1) is 6.92 Å². The van der Waals surface area contributed by atoms with E-state index < -0.39 is 0 Å². The molecule has 2 rings (SSSR count). The van der Waals surface area contributed by atoms with Gasteiger partial charge >= 0.3 is 0 Å². The third kappa shape index (κ3) is 8.23. The van der Waals surface area contributed by atoms with Crippen molar-refractivity contribution >= 4 is 29.9 Å². The fourth-order valence-corrected chi connectivity index (χ4v) is 3.15. The highest BCUT2D eigenvalue weighted by Crippen LogP contribution is 2.20. The molecule has 6 nitrogen and oxygen atoms in total. The molecule has 0 spiro atoms. The monoisotopic (exact) mass is 489 g/mol. The van der Waals surface area contributed by atoms with E-state index in [0.29, 0.717) is 6.54 Å². The Kier molecular flexibility index (Phi) is 11.7. The van der Waals surface area contributed by atoms with E-state index in [1.165, 1.54) is 18.7 Å². The zero-order valence-electron chi connectivity index (χ0n) is 17.3. The molecule has 0 atom stereocenters. The summed E-state index contributed by atoms with van der Waals surface area (Å²) in [5, 5.41) is 6.78. The molecule has 0 radical (unpaired) electrons. The van der Waals surface area contributed by atoms with Crippen LogP contribution in [0.25, 0.3) is 0 Å². The summed E-state index contributed by atoms with van der Waals surface area (Å²) in [6, 6.07) is 6.25. The first-order valence-corrected chi connectivity index (χ1v) is 9.76. The van der Waals surface area contributed by atoms with Crippen LogP contribution in [0.15, 0.2) is 23.2 Å². The van der Waals surface area contributed by atoms with E-state index in [0.717, 1.165) is 56.5 Å². The maximum atomic E-state index is 5.48. The molecule has 1 aliphatic rings. The van der Waals surface area contributed by atoms with Gasteiger partial charge in [0.1, 0.15) is 5.75 Å². The minimum absolute atomic E-state index is 0. The van der Waals surface area contributed by atoms with Gasteiger partial charge < -0.3 is 20.3 Å². The van der Waals surface area contributed by atoms with Crippen LogP contribution < -0.4 is 15.4 Å². The smallest absolute Gasteiger partial charge is 0.191 e. The number of aliphatic imine (C=N–C) groups is 1. The molecule has 154 valence electrons. The minimum Gasteiger partial charge on any atom is -0.496 e. The van der Waals surface area contributed by atoms with Crippen molar-refractivity contribution in [2.45, 2.75) is 27.3 Å². The first kappa shape index (κ1) is 24.0. The van der Waals surface area contributed by atoms with Crippen molar-refractivity contribution < 1.29 is 4.74 Å². The Morgan fingerprint density at radius 3 is 2.44 bits per heavy atom. The standard InChI is InChI=1S/C20H35N5O.HI/c1-5-21-20(22-9-10-25-13-11-24(6-2)12-14-25)23-16-18-8-7-17(3)15-19(18)26-4;/h7-8,15H,5-6,9-14,16H2,1-4H3,(H2,21,22,23);1H. The fourth-order valence-electron chi connectivity index (χ4n) is 3.15. The average molecular weight is 489 g/mol. The predicted octanol–water partition coefficient (Wildman–Crippen LogP) is 2.31. The molecule has 7 heteroatoms. The lowest BCUT2D eigenvalue weighted by Gasteiger charge is -2.34. The number of hydrogen-bond donors (Lipinski definition) is 2. The van der Waals surface area contributed by atoms with Crippen molar-refractivity contribution in [2.75, 3.05) is 59.5 Å². The molecular formula is C20H36IN5O. The van der Waals surface area contributed by atoms with Crippen LogP contribution >= 0.6 is 24.0 Å². The average Bonchev–Trinajstić information content (AvgIpc) is 2.67. The maximum absolute atomic E-state index is 5.48. The van der Waals surface area contributed by atoms with Gasteiger partial charge in [0, 0.05) is 51.4 Å². The van der Waals surface area contributed by atoms with Gasteiger partial charge in [-0.3, -0.25) is 4.90 Å². The molecule has 1 heterocycles. The second-order valence-corrected chi connectivity index (χ2v) is 6.71. The lowest BCUT2D eigenvalue weighted by Crippen LogP contribution is -2.49. The maximum Gasteiger partial charge on any atom is 0.191 e. The van der Waals surface area contributed by atoms with Gasteiger partial charge in [-0.1, -0.05) is 19.1 Å². The molecule has 1 aromatic rings. The van der Waals surface area contributed by atoms with Crippen molar-refractivity contribution in [3.63, 3.8) is 0 Å². The first-order chi connectivity index (χ1) is 12.7. The van der Waals surface area contributed by atoms with E-state index in [1.807, 2.05) is 0 Å². The van der Waals surface area contributed by atoms with Crippen molar-refractivity contribution in [3.8, 4) is 5.75 Å². The summed E-state index contributed by atoms with van der Waals surface area (Å²) < 4.78 is 5.48. The first-order valence-electron chi connectivity index (χ1n) is 9.76. The number of halogens is 1. The van der Waals surface area contributed by atoms with Gasteiger partial charge in [0.25, 0.3) is 0 Å². The zero-order chi connectivity index (χ0) is 18.8. The zero-order valence-corrected chi connectivity index (χ0v) is 19.6. The second kappa shape index (κ2) is 13.2. The molecule has 1 aliphatic heterocycles. The number of nitrogens with one attached hydrogen (secondary N) is 2. The summed E-state index contributed by atoms with van der Waals surface area (Å²) in [6.07, 6.45) is 0. The van der Waals surface area contributed by atoms with Crippen LogP contribution in [-0.4, -0.2) is 75.2 Å². The number of ether oxygens (including phenoxy) is 1. The Morgan fingerprint density at radius 2 is 1.81 bits per heavy atom. The van der Waals surface area contributed by atoms with E-state index in [-0.39, 0.29) is 24.0 Å². The predicted molar refractivity (Wildman–Crippen MR) is 125 cm³/mol. The molecule has 0 amide bonds. The summed E-state index contributed by atoms with van der Waals surface area (Å²) in [4.78, 5) is 9.74. The topological polar surface area (TPSA) is 52.1 Å². The molecular weight excluding hydrogens is 453 g/mol. The minimum atomic E-state index is 0. The molecule has 0 unspecified atom stereocenters. The van der Waals surface area contributed by atoms with E-state index >= 15 is 0 Å². The van der Waals surface area contributed by atoms with Gasteiger partial charge in [-0.25, -0.2) is 4.99 Å². The van der Waals surface area contributed by atoms with Crippen molar-refractivity contribution in [1.82, 2.24) is 20.4 Å². The molecule has 1 fully saturated rings. The number of rotatable bonds is 8. The Labute approximate surface area is 181 Å². The lowest BCUT2D eigenvalue weighted by molar-refractivity contribution is 0.139. The van der Waals surface area contributed by atoms with Crippen LogP contribution in [0.3, 0.4) is 0 Å². The molecule has 1 saturated heterocycles. The highest BCUT2D eigenvalue weighted by molar-refractivity contribution is 14.0. The number of guanidine groups is 1. The summed E-state index contributed by atoms with van der Waals surface area (Å²) >= 11 is 0. The second-order valence-electron chi connectivity index (χ2n) is 6.71. The molecule has 1 aromatic carbocycles. The third-order valence-electron chi connectivity index (χ3n) is 4.83. The van der Waals surface area contributed by atoms with E-state index in [1.54, 1.807) is 7.11 Å². The molecule has 27 heavy (non-hydrogen) atoms. The number of hydrogen-bond acceptors (Lipinski definition) is 4. The van der Waals surface area contributed by atoms with Crippen LogP contribution in [-0.2, 0) is 6.54 Å². The van der Waals surface area contributed by atoms with Crippen LogP contribution in [0.4, 0.5) is 0 Å². The molecule has 0 saturated carbocycles. The van der Waals surface area contributed by atoms with E-state index in [9.17, 15) is 0 Å². The van der Waals surface area contributed by atoms with Gasteiger partial charge in [-0.2, -0.15) is 0 Å². The van der Waals surface area contributed by atoms with Crippen molar-refractivity contribution in [2.24, 2.45) is 4.99 Å². The number of piperazine rings is 1. The van der Waals surface area contributed by atoms with Crippen molar-refractivity contribution in [3.05, 3.63) is 29.3 Å². The Bertz CT molecular complexity index is 573. The molecule has 0 aliphatic carbocycles. The largest absolute Gasteiger partial charge is 0.496 e. The van der Waals surface area contributed by atoms with Gasteiger partial charge in [-0.15, -0.1) is 24.0 Å². The Hall–Kier alpha value is -1.06. The number of aryl methyl sites for hydroxylation is 1. The van der Waals surface area contributed by atoms with Gasteiger partial charge in [0.05, 0.1) is 13.7 Å². The Morgan fingerprint density at radius 1 is 1.11 bits per heavy atom. The highest BCUT2D eigenvalue weighted by Gasteiger charge is 2.14. The van der Waals surface area contributed by atoms with Gasteiger partial charge in [-0.05, 0) is 32.0 Å². The van der Waals surface area contributed by atoms with Crippen LogP contribution in [0.1, 0.15) is 25.0 Å². The van der Waals surface area contributed by atoms with E-state index in [4.69, 9.17) is 9.73 Å². The molecule has 0 aromatic heterocycles. The normalized spacial score (nSPS) is 15.9. The fraction of sp³-hybridized carbons (Fsp3) is 0.650. The molecule has 2 N–H and O–H groups in total. The summed E-state index contributed by atoms with van der Waals surface area (Å²) in [5.41, 5.74) is 2.30. The summed E-state index contributed by atoms with van der Waals surface area (Å²) in [6.45, 7) is 15.6. The number of benzene rings is 1. The number of nitrogens with zero attached hydrogens (tertiary/aromatic N) is 3. The van der Waals surface area contributed by atoms with E-state index in [2.05, 4.69) is 59.4 Å². The SMILES string of the molecule is CCNC(=NCc1ccc(C)cc1OC)NCCN1CCN(CC)CC1.I. The summed E-state index contributed by atoms with van der Waals surface area (Å²) in [7, 11) is 1.71. The number of likely N-dealkylation sites (N-methyl/N-ethyl adjacent to an activating group) is 1. The van der Waals surface area contributed by atoms with Gasteiger partial charge in [0.15, 0.2) is 5.96 Å². The van der Waals surface area contributed by atoms with Crippen LogP contribution in [0.2, 0.25) is 0 Å². The van der Waals surface area contributed by atoms with Crippen LogP contribution in [0.5, 0.6) is 5.75 Å². The third-order valence-corrected chi connectivity index (χ3v) is 4.83. The van der Waals surface area contributed by atoms with Gasteiger partial charge in [0.2, 0.25) is 0 Å². The Balaban J connectivity index is 0.00000364. The highest BCUT2D eigenvalue weighted by atomic mass is 127. The molecule has 0 bridgehead atoms.